The van der Waals surface area contributed by atoms with E-state index in [2.05, 4.69) is 66.5 Å². The number of benzene rings is 1. The van der Waals surface area contributed by atoms with Crippen LogP contribution in [0.2, 0.25) is 0 Å². The molecule has 200 valence electrons. The lowest BCUT2D eigenvalue weighted by Gasteiger charge is -2.07. The van der Waals surface area contributed by atoms with Gasteiger partial charge in [0, 0.05) is 18.1 Å². The summed E-state index contributed by atoms with van der Waals surface area (Å²) in [6, 6.07) is 10.9. The number of nitrogens with zero attached hydrogens (tertiary/aromatic N) is 1. The quantitative estimate of drug-likeness (QED) is 0.0779. The minimum atomic E-state index is -0.815. The monoisotopic (exact) mass is 508 g/mol. The Morgan fingerprint density at radius 1 is 1.11 bits per heavy atom. The Kier molecular flexibility index (Phi) is 25.0. The van der Waals surface area contributed by atoms with Crippen molar-refractivity contribution in [3.8, 4) is 0 Å². The lowest BCUT2D eigenvalue weighted by atomic mass is 9.98. The third kappa shape index (κ3) is 24.9. The van der Waals surface area contributed by atoms with Gasteiger partial charge in [0.2, 0.25) is 6.41 Å². The van der Waals surface area contributed by atoms with Crippen LogP contribution in [0.4, 0.5) is 0 Å². The topological polar surface area (TPSA) is 81.5 Å². The summed E-state index contributed by atoms with van der Waals surface area (Å²) < 4.78 is 0. The Bertz CT molecular complexity index is 623. The molecule has 0 aliphatic heterocycles. The van der Waals surface area contributed by atoms with E-state index in [0.29, 0.717) is 18.7 Å². The highest BCUT2D eigenvalue weighted by Gasteiger charge is 2.13. The summed E-state index contributed by atoms with van der Waals surface area (Å²) in [6.07, 6.45) is 21.9. The molecule has 0 bridgehead atoms. The van der Waals surface area contributed by atoms with Gasteiger partial charge in [0.25, 0.3) is 5.09 Å². The molecule has 1 aromatic carbocycles. The first kappa shape index (κ1) is 33.0. The van der Waals surface area contributed by atoms with E-state index in [0.717, 1.165) is 11.7 Å². The molecule has 0 spiro atoms. The zero-order valence-corrected chi connectivity index (χ0v) is 22.8. The van der Waals surface area contributed by atoms with Crippen LogP contribution in [0.3, 0.4) is 0 Å². The molecule has 0 heterocycles. The molecule has 0 aromatic heterocycles. The Morgan fingerprint density at radius 2 is 1.86 bits per heavy atom. The van der Waals surface area contributed by atoms with Crippen molar-refractivity contribution in [1.29, 1.82) is 0 Å². The summed E-state index contributed by atoms with van der Waals surface area (Å²) >= 11 is 1.48. The number of hydrogen-bond acceptors (Lipinski definition) is 5. The fourth-order valence-corrected chi connectivity index (χ4v) is 4.49. The number of thioether (sulfide) groups is 1. The summed E-state index contributed by atoms with van der Waals surface area (Å²) in [5.74, 6) is 2.37. The van der Waals surface area contributed by atoms with Gasteiger partial charge in [0.05, 0.1) is 0 Å². The van der Waals surface area contributed by atoms with E-state index in [1.54, 1.807) is 0 Å². The van der Waals surface area contributed by atoms with Gasteiger partial charge in [-0.3, -0.25) is 4.79 Å². The van der Waals surface area contributed by atoms with Crippen LogP contribution >= 0.6 is 11.8 Å². The van der Waals surface area contributed by atoms with Crippen molar-refractivity contribution >= 4 is 18.2 Å². The lowest BCUT2D eigenvalue weighted by molar-refractivity contribution is -0.756. The summed E-state index contributed by atoms with van der Waals surface area (Å²) in [7, 11) is 0. The van der Waals surface area contributed by atoms with E-state index in [4.69, 9.17) is 0 Å². The van der Waals surface area contributed by atoms with Crippen molar-refractivity contribution in [2.45, 2.75) is 90.9 Å². The van der Waals surface area contributed by atoms with Gasteiger partial charge in [0.1, 0.15) is 6.61 Å². The van der Waals surface area contributed by atoms with E-state index >= 15 is 0 Å². The van der Waals surface area contributed by atoms with E-state index in [1.807, 2.05) is 0 Å². The molecule has 0 atom stereocenters. The van der Waals surface area contributed by atoms with E-state index in [-0.39, 0.29) is 6.61 Å². The predicted octanol–water partition coefficient (Wildman–Crippen LogP) is 7.41. The summed E-state index contributed by atoms with van der Waals surface area (Å²) in [5, 5.41) is 11.3. The molecule has 6 nitrogen and oxygen atoms in total. The molecule has 1 N–H and O–H groups in total. The number of unbranched alkanes of at least 4 members (excludes halogenated alkanes) is 4. The fourth-order valence-electron chi connectivity index (χ4n) is 3.83. The van der Waals surface area contributed by atoms with E-state index in [1.165, 1.54) is 94.4 Å². The zero-order valence-electron chi connectivity index (χ0n) is 22.0. The minimum Gasteiger partial charge on any atom is -0.358 e. The van der Waals surface area contributed by atoms with Gasteiger partial charge < -0.3 is 10.2 Å². The van der Waals surface area contributed by atoms with Gasteiger partial charge in [-0.25, -0.2) is 0 Å². The molecule has 0 saturated heterocycles. The lowest BCUT2D eigenvalue weighted by Crippen LogP contribution is -2.14. The number of carbonyl (C=O) groups is 1. The SMILES string of the molecule is CC=CCCCC.O=CNCCSCCO[N+](=O)[O-].c1ccc(CCCCCC2CCCC2)cc1. The van der Waals surface area contributed by atoms with Crippen molar-refractivity contribution in [1.82, 2.24) is 5.32 Å². The molecule has 1 aliphatic rings. The van der Waals surface area contributed by atoms with E-state index in [9.17, 15) is 14.9 Å². The van der Waals surface area contributed by atoms with Gasteiger partial charge in [-0.15, -0.1) is 10.1 Å². The minimum absolute atomic E-state index is 0.0960. The van der Waals surface area contributed by atoms with Crippen LogP contribution in [0.25, 0.3) is 0 Å². The second-order valence-electron chi connectivity index (χ2n) is 8.69. The zero-order chi connectivity index (χ0) is 25.8. The predicted molar refractivity (Wildman–Crippen MR) is 149 cm³/mol. The van der Waals surface area contributed by atoms with Gasteiger partial charge in [-0.1, -0.05) is 107 Å². The van der Waals surface area contributed by atoms with Gasteiger partial charge in [0.15, 0.2) is 0 Å². The second-order valence-corrected chi connectivity index (χ2v) is 9.91. The largest absolute Gasteiger partial charge is 0.358 e. The van der Waals surface area contributed by atoms with Crippen molar-refractivity contribution in [2.75, 3.05) is 24.7 Å². The maximum Gasteiger partial charge on any atom is 0.294 e. The van der Waals surface area contributed by atoms with Crippen molar-refractivity contribution in [3.05, 3.63) is 58.2 Å². The molecule has 1 amide bonds. The molecule has 0 radical (unpaired) electrons. The van der Waals surface area contributed by atoms with Crippen molar-refractivity contribution in [2.24, 2.45) is 5.92 Å². The third-order valence-corrected chi connectivity index (χ3v) is 6.70. The first-order chi connectivity index (χ1) is 17.1. The van der Waals surface area contributed by atoms with Crippen LogP contribution in [0, 0.1) is 16.0 Å². The van der Waals surface area contributed by atoms with Gasteiger partial charge in [-0.2, -0.15) is 11.8 Å². The molecule has 1 saturated carbocycles. The molecular formula is C28H48N2O4S. The molecule has 35 heavy (non-hydrogen) atoms. The third-order valence-electron chi connectivity index (χ3n) is 5.75. The maximum absolute atomic E-state index is 9.75. The van der Waals surface area contributed by atoms with Gasteiger partial charge in [-0.05, 0) is 37.7 Å². The number of rotatable bonds is 17. The average Bonchev–Trinajstić information content (AvgIpc) is 3.39. The average molecular weight is 509 g/mol. The molecule has 1 aromatic rings. The first-order valence-electron chi connectivity index (χ1n) is 13.3. The number of hydrogen-bond donors (Lipinski definition) is 1. The Hall–Kier alpha value is -2.02. The molecular weight excluding hydrogens is 460 g/mol. The number of nitrogens with one attached hydrogen (secondary N) is 1. The van der Waals surface area contributed by atoms with Crippen molar-refractivity contribution < 1.29 is 14.7 Å². The Labute approximate surface area is 217 Å². The Balaban J connectivity index is 0.000000540. The molecule has 0 unspecified atom stereocenters. The number of allylic oxidation sites excluding steroid dienone is 2. The number of amides is 1. The maximum atomic E-state index is 9.75. The van der Waals surface area contributed by atoms with Crippen LogP contribution in [0.5, 0.6) is 0 Å². The van der Waals surface area contributed by atoms with Crippen molar-refractivity contribution in [3.63, 3.8) is 0 Å². The van der Waals surface area contributed by atoms with Crippen LogP contribution in [-0.2, 0) is 16.1 Å². The molecule has 1 aliphatic carbocycles. The highest BCUT2D eigenvalue weighted by molar-refractivity contribution is 7.99. The molecule has 7 heteroatoms. The summed E-state index contributed by atoms with van der Waals surface area (Å²) in [4.78, 5) is 23.5. The molecule has 1 fully saturated rings. The second kappa shape index (κ2) is 26.6. The Morgan fingerprint density at radius 3 is 2.49 bits per heavy atom. The van der Waals surface area contributed by atoms with Crippen LogP contribution in [0.15, 0.2) is 42.5 Å². The standard InChI is InChI=1S/C16H24.C7H14.C5H10N2O4S/c1-3-9-15(10-4-1)11-5-2-6-12-16-13-7-8-14-16;1-3-5-7-6-4-2;8-5-6-1-3-12-4-2-11-7(9)10/h1,3-4,9-10,16H,2,5-8,11-14H2;3,5H,4,6-7H2,1-2H3;5H,1-4H2,(H,6,8). The summed E-state index contributed by atoms with van der Waals surface area (Å²) in [6.45, 7) is 4.95. The van der Waals surface area contributed by atoms with Crippen LogP contribution < -0.4 is 5.32 Å². The van der Waals surface area contributed by atoms with Crippen LogP contribution in [-0.4, -0.2) is 36.2 Å². The first-order valence-corrected chi connectivity index (χ1v) is 14.5. The fraction of sp³-hybridized carbons (Fsp3) is 0.679. The number of carbonyl (C=O) groups excluding carboxylic acids is 1. The van der Waals surface area contributed by atoms with Gasteiger partial charge >= 0.3 is 0 Å². The highest BCUT2D eigenvalue weighted by Crippen LogP contribution is 2.29. The highest BCUT2D eigenvalue weighted by atomic mass is 32.2. The smallest absolute Gasteiger partial charge is 0.294 e. The van der Waals surface area contributed by atoms with Crippen LogP contribution in [0.1, 0.15) is 90.0 Å². The molecule has 2 rings (SSSR count). The normalized spacial score (nSPS) is 12.9. The number of aryl methyl sites for hydroxylation is 1. The summed E-state index contributed by atoms with van der Waals surface area (Å²) in [5.41, 5.74) is 1.50. The van der Waals surface area contributed by atoms with E-state index < -0.39 is 5.09 Å².